The Kier molecular flexibility index (Phi) is 2.96. The fourth-order valence-corrected chi connectivity index (χ4v) is 0.633. The number of hydrogen-bond donors (Lipinski definition) is 3. The number of hydrogen-bond acceptors (Lipinski definition) is 6. The smallest absolute Gasteiger partial charge is 0.171 e. The van der Waals surface area contributed by atoms with Gasteiger partial charge >= 0.3 is 0 Å². The first-order valence-corrected chi connectivity index (χ1v) is 3.65. The number of rotatable bonds is 0. The van der Waals surface area contributed by atoms with Gasteiger partial charge < -0.3 is 0 Å². The van der Waals surface area contributed by atoms with Gasteiger partial charge in [-0.1, -0.05) is 11.8 Å². The molecule has 0 saturated carbocycles. The van der Waals surface area contributed by atoms with Gasteiger partial charge in [-0.3, -0.25) is 10.9 Å². The Bertz CT molecular complexity index is 299. The summed E-state index contributed by atoms with van der Waals surface area (Å²) in [6.07, 6.45) is 0. The highest BCUT2D eigenvalue weighted by Crippen LogP contribution is 1.89. The average molecular weight is 181 g/mol. The van der Waals surface area contributed by atoms with Crippen LogP contribution in [0.1, 0.15) is 12.7 Å². The minimum Gasteiger partial charge on any atom is -0.287 e. The SMILES string of the molecule is C=C1N=C(C)NN1.Cc1nn[nH]n1. The third-order valence-electron chi connectivity index (χ3n) is 1.14. The summed E-state index contributed by atoms with van der Waals surface area (Å²) in [5.74, 6) is 2.22. The first kappa shape index (κ1) is 9.17. The molecule has 0 unspecified atom stereocenters. The second-order valence-corrected chi connectivity index (χ2v) is 2.35. The van der Waals surface area contributed by atoms with Gasteiger partial charge in [-0.15, -0.1) is 10.2 Å². The highest BCUT2D eigenvalue weighted by atomic mass is 15.5. The van der Waals surface area contributed by atoms with Gasteiger partial charge in [-0.2, -0.15) is 5.21 Å². The maximum Gasteiger partial charge on any atom is 0.171 e. The molecule has 7 nitrogen and oxygen atoms in total. The zero-order chi connectivity index (χ0) is 9.68. The molecule has 1 aromatic rings. The Balaban J connectivity index is 0.000000132. The maximum atomic E-state index is 3.89. The molecule has 0 radical (unpaired) electrons. The largest absolute Gasteiger partial charge is 0.287 e. The lowest BCUT2D eigenvalue weighted by Gasteiger charge is -1.91. The molecule has 0 aliphatic carbocycles. The Morgan fingerprint density at radius 1 is 1.23 bits per heavy atom. The van der Waals surface area contributed by atoms with Gasteiger partial charge in [0.15, 0.2) is 5.82 Å². The standard InChI is InChI=1S/C4H7N3.C2H4N4/c1-3-5-4(2)7-6-3;1-2-3-5-6-4-2/h6H,1H2,2H3,(H,5,7);1H3,(H,3,4,5,6). The first-order valence-electron chi connectivity index (χ1n) is 3.65. The van der Waals surface area contributed by atoms with E-state index in [4.69, 9.17) is 0 Å². The number of aryl methyl sites for hydroxylation is 1. The van der Waals surface area contributed by atoms with Crippen LogP contribution in [0.2, 0.25) is 0 Å². The van der Waals surface area contributed by atoms with Crippen molar-refractivity contribution in [2.45, 2.75) is 13.8 Å². The van der Waals surface area contributed by atoms with Crippen molar-refractivity contribution < 1.29 is 0 Å². The molecule has 2 heterocycles. The van der Waals surface area contributed by atoms with E-state index < -0.39 is 0 Å². The van der Waals surface area contributed by atoms with E-state index in [0.29, 0.717) is 11.6 Å². The third kappa shape index (κ3) is 3.32. The average Bonchev–Trinajstić information content (AvgIpc) is 2.64. The minimum atomic E-state index is 0.676. The fraction of sp³-hybridized carbons (Fsp3) is 0.333. The van der Waals surface area contributed by atoms with Gasteiger partial charge in [0.2, 0.25) is 0 Å². The van der Waals surface area contributed by atoms with Crippen LogP contribution in [0, 0.1) is 6.92 Å². The maximum absolute atomic E-state index is 3.89. The Morgan fingerprint density at radius 2 is 2.00 bits per heavy atom. The van der Waals surface area contributed by atoms with Crippen molar-refractivity contribution in [1.82, 2.24) is 31.5 Å². The van der Waals surface area contributed by atoms with Gasteiger partial charge in [-0.25, -0.2) is 4.99 Å². The van der Waals surface area contributed by atoms with E-state index >= 15 is 0 Å². The molecular weight excluding hydrogens is 170 g/mol. The molecule has 0 aromatic carbocycles. The van der Waals surface area contributed by atoms with E-state index in [1.807, 2.05) is 6.92 Å². The molecular formula is C6H11N7. The molecule has 2 rings (SSSR count). The van der Waals surface area contributed by atoms with Crippen LogP contribution >= 0.6 is 0 Å². The van der Waals surface area contributed by atoms with E-state index in [9.17, 15) is 0 Å². The topological polar surface area (TPSA) is 90.9 Å². The van der Waals surface area contributed by atoms with E-state index in [1.165, 1.54) is 0 Å². The fourth-order valence-electron chi connectivity index (χ4n) is 0.633. The van der Waals surface area contributed by atoms with E-state index in [2.05, 4.69) is 43.0 Å². The number of aromatic nitrogens is 4. The number of aromatic amines is 1. The lowest BCUT2D eigenvalue weighted by atomic mass is 10.7. The molecule has 0 saturated heterocycles. The summed E-state index contributed by atoms with van der Waals surface area (Å²) in [6.45, 7) is 7.18. The van der Waals surface area contributed by atoms with Gasteiger partial charge in [0, 0.05) is 0 Å². The number of aliphatic imine (C=N–C) groups is 1. The molecule has 1 aliphatic rings. The Morgan fingerprint density at radius 3 is 2.15 bits per heavy atom. The molecule has 13 heavy (non-hydrogen) atoms. The monoisotopic (exact) mass is 181 g/mol. The Labute approximate surface area is 75.3 Å². The molecule has 7 heteroatoms. The normalized spacial score (nSPS) is 13.7. The lowest BCUT2D eigenvalue weighted by molar-refractivity contribution is 0.811. The van der Waals surface area contributed by atoms with E-state index in [1.54, 1.807) is 6.92 Å². The molecule has 0 amide bonds. The van der Waals surface area contributed by atoms with Crippen LogP contribution in [0.4, 0.5) is 0 Å². The predicted molar refractivity (Wildman–Crippen MR) is 47.4 cm³/mol. The van der Waals surface area contributed by atoms with Crippen molar-refractivity contribution in [3.05, 3.63) is 18.2 Å². The highest BCUT2D eigenvalue weighted by molar-refractivity contribution is 5.81. The van der Waals surface area contributed by atoms with Crippen molar-refractivity contribution in [2.24, 2.45) is 4.99 Å². The summed E-state index contributed by atoms with van der Waals surface area (Å²) in [7, 11) is 0. The molecule has 0 fully saturated rings. The molecule has 0 atom stereocenters. The quantitative estimate of drug-likeness (QED) is 0.501. The summed E-state index contributed by atoms with van der Waals surface area (Å²) in [4.78, 5) is 3.89. The van der Waals surface area contributed by atoms with Crippen molar-refractivity contribution in [1.29, 1.82) is 0 Å². The first-order chi connectivity index (χ1) is 6.18. The Hall–Kier alpha value is -1.92. The summed E-state index contributed by atoms with van der Waals surface area (Å²) in [5, 5.41) is 12.7. The van der Waals surface area contributed by atoms with Gasteiger partial charge in [0.25, 0.3) is 0 Å². The summed E-state index contributed by atoms with van der Waals surface area (Å²) < 4.78 is 0. The van der Waals surface area contributed by atoms with Gasteiger partial charge in [0.1, 0.15) is 11.7 Å². The van der Waals surface area contributed by atoms with Crippen LogP contribution < -0.4 is 10.9 Å². The predicted octanol–water partition coefficient (Wildman–Crippen LogP) is -0.508. The second-order valence-electron chi connectivity index (χ2n) is 2.35. The summed E-state index contributed by atoms with van der Waals surface area (Å²) in [6, 6.07) is 0. The number of H-pyrrole nitrogens is 1. The lowest BCUT2D eigenvalue weighted by Crippen LogP contribution is -2.26. The van der Waals surface area contributed by atoms with Crippen molar-refractivity contribution >= 4 is 5.84 Å². The molecule has 70 valence electrons. The molecule has 1 aromatic heterocycles. The molecule has 1 aliphatic heterocycles. The number of nitrogens with one attached hydrogen (secondary N) is 3. The number of nitrogens with zero attached hydrogens (tertiary/aromatic N) is 4. The minimum absolute atomic E-state index is 0.676. The van der Waals surface area contributed by atoms with Gasteiger partial charge in [0.05, 0.1) is 0 Å². The van der Waals surface area contributed by atoms with Crippen LogP contribution in [0.3, 0.4) is 0 Å². The van der Waals surface area contributed by atoms with Crippen LogP contribution in [0.5, 0.6) is 0 Å². The molecule has 3 N–H and O–H groups in total. The summed E-state index contributed by atoms with van der Waals surface area (Å²) in [5.41, 5.74) is 5.49. The van der Waals surface area contributed by atoms with Crippen molar-refractivity contribution in [3.8, 4) is 0 Å². The van der Waals surface area contributed by atoms with E-state index in [-0.39, 0.29) is 0 Å². The zero-order valence-corrected chi connectivity index (χ0v) is 7.50. The van der Waals surface area contributed by atoms with Crippen molar-refractivity contribution in [3.63, 3.8) is 0 Å². The van der Waals surface area contributed by atoms with Crippen LogP contribution in [-0.4, -0.2) is 26.5 Å². The van der Waals surface area contributed by atoms with Gasteiger partial charge in [-0.05, 0) is 13.8 Å². The van der Waals surface area contributed by atoms with Crippen LogP contribution in [0.15, 0.2) is 17.4 Å². The number of tetrazole rings is 1. The van der Waals surface area contributed by atoms with Crippen molar-refractivity contribution in [2.75, 3.05) is 0 Å². The molecule has 0 bridgehead atoms. The zero-order valence-electron chi connectivity index (χ0n) is 7.50. The van der Waals surface area contributed by atoms with E-state index in [0.717, 1.165) is 5.84 Å². The summed E-state index contributed by atoms with van der Waals surface area (Å²) >= 11 is 0. The number of hydrazine groups is 1. The highest BCUT2D eigenvalue weighted by Gasteiger charge is 1.97. The molecule has 0 spiro atoms. The van der Waals surface area contributed by atoms with Crippen LogP contribution in [-0.2, 0) is 0 Å². The second kappa shape index (κ2) is 4.19. The van der Waals surface area contributed by atoms with Crippen LogP contribution in [0.25, 0.3) is 0 Å². The number of amidine groups is 1. The third-order valence-corrected chi connectivity index (χ3v) is 1.14.